The first-order valence-electron chi connectivity index (χ1n) is 9.58. The van der Waals surface area contributed by atoms with Crippen molar-refractivity contribution in [2.24, 2.45) is 0 Å². The number of Topliss-reactive ketones (excluding diaryl/α,β-unsaturated/α-hetero) is 1. The van der Waals surface area contributed by atoms with Crippen molar-refractivity contribution in [3.05, 3.63) is 41.6 Å². The van der Waals surface area contributed by atoms with Gasteiger partial charge in [0.25, 0.3) is 5.91 Å². The molecule has 0 saturated heterocycles. The van der Waals surface area contributed by atoms with Crippen molar-refractivity contribution in [1.29, 1.82) is 0 Å². The zero-order valence-corrected chi connectivity index (χ0v) is 17.9. The smallest absolute Gasteiger partial charge is 0.263 e. The zero-order chi connectivity index (χ0) is 21.1. The molecule has 1 amide bonds. The number of nitrogens with one attached hydrogen (secondary N) is 1. The molecule has 0 spiro atoms. The molecule has 6 heteroatoms. The number of anilines is 1. The summed E-state index contributed by atoms with van der Waals surface area (Å²) in [5.41, 5.74) is 1.16. The number of ketones is 1. The predicted octanol–water partition coefficient (Wildman–Crippen LogP) is 4.55. The highest BCUT2D eigenvalue weighted by Gasteiger charge is 2.25. The number of benzene rings is 1. The normalized spacial score (nSPS) is 12.0. The Bertz CT molecular complexity index is 837. The van der Waals surface area contributed by atoms with E-state index >= 15 is 0 Å². The fraction of sp³-hybridized carbons (Fsp3) is 0.500. The average Bonchev–Trinajstić information content (AvgIpc) is 3.04. The Labute approximate surface area is 167 Å². The molecule has 0 aliphatic carbocycles. The number of hydrogen-bond donors (Lipinski definition) is 1. The number of carbonyl (C=O) groups is 2. The molecule has 0 atom stereocenters. The van der Waals surface area contributed by atoms with Crippen LogP contribution in [-0.2, 0) is 15.7 Å². The third-order valence-corrected chi connectivity index (χ3v) is 4.25. The van der Waals surface area contributed by atoms with Gasteiger partial charge in [-0.25, -0.2) is 4.68 Å². The van der Waals surface area contributed by atoms with Gasteiger partial charge in [0.15, 0.2) is 12.4 Å². The van der Waals surface area contributed by atoms with Crippen LogP contribution < -0.4 is 10.1 Å². The van der Waals surface area contributed by atoms with Crippen LogP contribution in [0.15, 0.2) is 30.3 Å². The molecule has 1 heterocycles. The lowest BCUT2D eigenvalue weighted by atomic mass is 9.92. The van der Waals surface area contributed by atoms with E-state index in [1.807, 2.05) is 38.4 Å². The van der Waals surface area contributed by atoms with Gasteiger partial charge >= 0.3 is 0 Å². The molecule has 0 bridgehead atoms. The summed E-state index contributed by atoms with van der Waals surface area (Å²) in [5.74, 6) is 1.01. The summed E-state index contributed by atoms with van der Waals surface area (Å²) in [6, 6.07) is 8.74. The van der Waals surface area contributed by atoms with Crippen molar-refractivity contribution in [3.8, 4) is 5.75 Å². The molecule has 2 rings (SSSR count). The van der Waals surface area contributed by atoms with E-state index in [2.05, 4.69) is 31.2 Å². The first-order valence-corrected chi connectivity index (χ1v) is 9.58. The Hall–Kier alpha value is -2.63. The van der Waals surface area contributed by atoms with Crippen LogP contribution in [-0.4, -0.2) is 28.1 Å². The summed E-state index contributed by atoms with van der Waals surface area (Å²) in [6.45, 7) is 14.1. The first-order chi connectivity index (χ1) is 12.9. The highest BCUT2D eigenvalue weighted by Crippen LogP contribution is 2.28. The minimum Gasteiger partial charge on any atom is -0.484 e. The van der Waals surface area contributed by atoms with Gasteiger partial charge in [0.05, 0.1) is 11.2 Å². The van der Waals surface area contributed by atoms with Gasteiger partial charge in [-0.15, -0.1) is 0 Å². The van der Waals surface area contributed by atoms with E-state index in [4.69, 9.17) is 4.74 Å². The van der Waals surface area contributed by atoms with Crippen molar-refractivity contribution in [2.75, 3.05) is 11.9 Å². The number of aromatic nitrogens is 2. The highest BCUT2D eigenvalue weighted by atomic mass is 16.5. The maximum absolute atomic E-state index is 12.4. The maximum Gasteiger partial charge on any atom is 0.263 e. The van der Waals surface area contributed by atoms with E-state index < -0.39 is 0 Å². The van der Waals surface area contributed by atoms with Crippen molar-refractivity contribution in [2.45, 2.75) is 65.8 Å². The number of carbonyl (C=O) groups excluding carboxylic acids is 2. The summed E-state index contributed by atoms with van der Waals surface area (Å²) in [7, 11) is 0. The van der Waals surface area contributed by atoms with Crippen LogP contribution in [0.1, 0.15) is 70.9 Å². The largest absolute Gasteiger partial charge is 0.484 e. The lowest BCUT2D eigenvalue weighted by molar-refractivity contribution is -0.118. The van der Waals surface area contributed by atoms with Crippen molar-refractivity contribution in [3.63, 3.8) is 0 Å². The predicted molar refractivity (Wildman–Crippen MR) is 111 cm³/mol. The lowest BCUT2D eigenvalue weighted by Crippen LogP contribution is -2.28. The first kappa shape index (κ1) is 21.7. The van der Waals surface area contributed by atoms with Crippen LogP contribution in [0.2, 0.25) is 0 Å². The molecular formula is C22H31N3O3. The van der Waals surface area contributed by atoms with Crippen molar-refractivity contribution >= 4 is 17.5 Å². The second-order valence-electron chi connectivity index (χ2n) is 8.89. The van der Waals surface area contributed by atoms with Gasteiger partial charge in [0.1, 0.15) is 11.6 Å². The second kappa shape index (κ2) is 8.17. The van der Waals surface area contributed by atoms with Crippen LogP contribution >= 0.6 is 0 Å². The van der Waals surface area contributed by atoms with Crippen LogP contribution in [0.4, 0.5) is 5.82 Å². The molecule has 2 aromatic rings. The molecule has 1 N–H and O–H groups in total. The molecule has 28 heavy (non-hydrogen) atoms. The Morgan fingerprint density at radius 3 is 2.18 bits per heavy atom. The molecule has 0 unspecified atom stereocenters. The quantitative estimate of drug-likeness (QED) is 0.741. The molecular weight excluding hydrogens is 354 g/mol. The van der Waals surface area contributed by atoms with Crippen LogP contribution in [0.5, 0.6) is 5.75 Å². The molecule has 1 aromatic carbocycles. The van der Waals surface area contributed by atoms with Gasteiger partial charge in [-0.1, -0.05) is 27.7 Å². The minimum absolute atomic E-state index is 0.0781. The SMILES string of the molecule is CCC(=O)c1ccc(OCC(=O)Nc2cc(C(C)(C)C)nn2C(C)(C)C)cc1. The van der Waals surface area contributed by atoms with Gasteiger partial charge in [-0.2, -0.15) is 5.10 Å². The average molecular weight is 386 g/mol. The Kier molecular flexibility index (Phi) is 6.32. The number of rotatable bonds is 6. The monoisotopic (exact) mass is 385 g/mol. The van der Waals surface area contributed by atoms with E-state index in [9.17, 15) is 9.59 Å². The molecule has 1 aromatic heterocycles. The molecule has 0 aliphatic rings. The van der Waals surface area contributed by atoms with E-state index in [-0.39, 0.29) is 29.3 Å². The standard InChI is InChI=1S/C22H31N3O3/c1-8-17(26)15-9-11-16(12-10-15)28-14-20(27)23-19-13-18(21(2,3)4)24-25(19)22(5,6)7/h9-13H,8,14H2,1-7H3,(H,23,27). The van der Waals surface area contributed by atoms with E-state index in [0.29, 0.717) is 23.6 Å². The molecule has 0 aliphatic heterocycles. The topological polar surface area (TPSA) is 73.2 Å². The van der Waals surface area contributed by atoms with Gasteiger partial charge in [0, 0.05) is 23.5 Å². The Morgan fingerprint density at radius 2 is 1.68 bits per heavy atom. The van der Waals surface area contributed by atoms with Crippen LogP contribution in [0.3, 0.4) is 0 Å². The van der Waals surface area contributed by atoms with E-state index in [1.165, 1.54) is 0 Å². The summed E-state index contributed by atoms with van der Waals surface area (Å²) in [5, 5.41) is 7.59. The van der Waals surface area contributed by atoms with Crippen molar-refractivity contribution < 1.29 is 14.3 Å². The van der Waals surface area contributed by atoms with Gasteiger partial charge < -0.3 is 10.1 Å². The second-order valence-corrected chi connectivity index (χ2v) is 8.89. The summed E-state index contributed by atoms with van der Waals surface area (Å²) in [4.78, 5) is 24.1. The minimum atomic E-state index is -0.269. The van der Waals surface area contributed by atoms with Crippen molar-refractivity contribution in [1.82, 2.24) is 9.78 Å². The summed E-state index contributed by atoms with van der Waals surface area (Å²) >= 11 is 0. The molecule has 152 valence electrons. The Balaban J connectivity index is 2.06. The molecule has 0 saturated carbocycles. The highest BCUT2D eigenvalue weighted by molar-refractivity contribution is 5.96. The van der Waals surface area contributed by atoms with E-state index in [0.717, 1.165) is 5.69 Å². The fourth-order valence-corrected chi connectivity index (χ4v) is 2.62. The molecule has 6 nitrogen and oxygen atoms in total. The summed E-state index contributed by atoms with van der Waals surface area (Å²) < 4.78 is 7.38. The maximum atomic E-state index is 12.4. The molecule has 0 fully saturated rings. The molecule has 0 radical (unpaired) electrons. The van der Waals surface area contributed by atoms with Gasteiger partial charge in [-0.3, -0.25) is 9.59 Å². The number of amides is 1. The van der Waals surface area contributed by atoms with Gasteiger partial charge in [-0.05, 0) is 45.0 Å². The number of hydrogen-bond acceptors (Lipinski definition) is 4. The lowest BCUT2D eigenvalue weighted by Gasteiger charge is -2.23. The van der Waals surface area contributed by atoms with E-state index in [1.54, 1.807) is 24.3 Å². The van der Waals surface area contributed by atoms with Crippen LogP contribution in [0.25, 0.3) is 0 Å². The fourth-order valence-electron chi connectivity index (χ4n) is 2.62. The van der Waals surface area contributed by atoms with Gasteiger partial charge in [0.2, 0.25) is 0 Å². The Morgan fingerprint density at radius 1 is 1.07 bits per heavy atom. The summed E-state index contributed by atoms with van der Waals surface area (Å²) in [6.07, 6.45) is 0.459. The third kappa shape index (κ3) is 5.44. The zero-order valence-electron chi connectivity index (χ0n) is 17.9. The number of nitrogens with zero attached hydrogens (tertiary/aromatic N) is 2. The third-order valence-electron chi connectivity index (χ3n) is 4.25. The van der Waals surface area contributed by atoms with Crippen LogP contribution in [0, 0.1) is 0 Å². The number of ether oxygens (including phenoxy) is 1.